The number of imidazole rings is 1. The second-order valence-electron chi connectivity index (χ2n) is 7.90. The molecule has 1 saturated heterocycles. The largest absolute Gasteiger partial charge is 0.337 e. The number of para-hydroxylation sites is 2. The van der Waals surface area contributed by atoms with Crippen LogP contribution in [0.5, 0.6) is 0 Å². The van der Waals surface area contributed by atoms with Crippen LogP contribution in [0.4, 0.5) is 0 Å². The zero-order chi connectivity index (χ0) is 20.7. The Morgan fingerprint density at radius 3 is 2.72 bits per heavy atom. The molecule has 1 amide bonds. The minimum Gasteiger partial charge on any atom is -0.337 e. The summed E-state index contributed by atoms with van der Waals surface area (Å²) in [5.74, 6) is 0.758. The monoisotopic (exact) mass is 395 g/mol. The molecule has 0 unspecified atom stereocenters. The number of piperidine rings is 1. The summed E-state index contributed by atoms with van der Waals surface area (Å²) in [5.41, 5.74) is 1.01. The smallest absolute Gasteiger partial charge is 0.328 e. The first-order valence-corrected chi connectivity index (χ1v) is 9.93. The molecule has 8 nitrogen and oxygen atoms in total. The number of carbonyl (C=O) groups is 1. The number of carbonyl (C=O) groups excluding carboxylic acids is 1. The fourth-order valence-electron chi connectivity index (χ4n) is 4.11. The normalized spacial score (nSPS) is 17.2. The van der Waals surface area contributed by atoms with Crippen molar-refractivity contribution in [2.75, 3.05) is 13.1 Å². The van der Waals surface area contributed by atoms with E-state index in [4.69, 9.17) is 4.98 Å². The van der Waals surface area contributed by atoms with Crippen LogP contribution in [0, 0.1) is 0 Å². The molecule has 1 aromatic carbocycles. The lowest BCUT2D eigenvalue weighted by molar-refractivity contribution is 0.0696. The molecule has 0 radical (unpaired) electrons. The van der Waals surface area contributed by atoms with Crippen LogP contribution in [-0.2, 0) is 7.05 Å². The number of nitrogens with one attached hydrogen (secondary N) is 1. The highest BCUT2D eigenvalue weighted by Crippen LogP contribution is 2.31. The molecule has 2 aromatic heterocycles. The van der Waals surface area contributed by atoms with E-state index >= 15 is 0 Å². The third kappa shape index (κ3) is 3.39. The van der Waals surface area contributed by atoms with Crippen molar-refractivity contribution >= 4 is 16.9 Å². The van der Waals surface area contributed by atoms with E-state index in [-0.39, 0.29) is 23.6 Å². The molecular weight excluding hydrogens is 370 g/mol. The van der Waals surface area contributed by atoms with E-state index in [0.29, 0.717) is 13.1 Å². The van der Waals surface area contributed by atoms with Crippen molar-refractivity contribution in [3.8, 4) is 0 Å². The molecule has 3 aromatic rings. The summed E-state index contributed by atoms with van der Waals surface area (Å²) in [7, 11) is 1.38. The van der Waals surface area contributed by atoms with E-state index in [1.54, 1.807) is 4.90 Å². The number of hydrogen-bond acceptors (Lipinski definition) is 4. The predicted octanol–water partition coefficient (Wildman–Crippen LogP) is 2.02. The zero-order valence-electron chi connectivity index (χ0n) is 16.9. The predicted molar refractivity (Wildman–Crippen MR) is 110 cm³/mol. The van der Waals surface area contributed by atoms with E-state index in [2.05, 4.69) is 29.5 Å². The Balaban J connectivity index is 1.67. The molecule has 1 aliphatic heterocycles. The fourth-order valence-corrected chi connectivity index (χ4v) is 4.11. The number of aromatic amines is 1. The minimum atomic E-state index is -0.587. The number of amides is 1. The number of aromatic nitrogens is 4. The third-order valence-corrected chi connectivity index (χ3v) is 5.59. The Labute approximate surface area is 167 Å². The lowest BCUT2D eigenvalue weighted by atomic mass is 9.96. The van der Waals surface area contributed by atoms with Gasteiger partial charge in [-0.25, -0.2) is 9.78 Å². The van der Waals surface area contributed by atoms with Crippen LogP contribution in [0.3, 0.4) is 0 Å². The van der Waals surface area contributed by atoms with Gasteiger partial charge in [0.2, 0.25) is 0 Å². The zero-order valence-corrected chi connectivity index (χ0v) is 16.9. The van der Waals surface area contributed by atoms with Gasteiger partial charge in [0.05, 0.1) is 11.0 Å². The maximum absolute atomic E-state index is 13.0. The molecule has 3 heterocycles. The second kappa shape index (κ2) is 7.35. The van der Waals surface area contributed by atoms with Gasteiger partial charge in [-0.1, -0.05) is 12.1 Å². The van der Waals surface area contributed by atoms with E-state index in [1.165, 1.54) is 13.1 Å². The summed E-state index contributed by atoms with van der Waals surface area (Å²) in [4.78, 5) is 45.9. The summed E-state index contributed by atoms with van der Waals surface area (Å²) >= 11 is 0. The first-order valence-electron chi connectivity index (χ1n) is 9.93. The van der Waals surface area contributed by atoms with Gasteiger partial charge in [0.25, 0.3) is 11.5 Å². The van der Waals surface area contributed by atoms with Crippen molar-refractivity contribution in [1.82, 2.24) is 24.0 Å². The third-order valence-electron chi connectivity index (χ3n) is 5.59. The van der Waals surface area contributed by atoms with E-state index < -0.39 is 11.2 Å². The summed E-state index contributed by atoms with van der Waals surface area (Å²) in [6.07, 6.45) is 1.78. The van der Waals surface area contributed by atoms with Gasteiger partial charge in [0.1, 0.15) is 11.5 Å². The topological polar surface area (TPSA) is 93.0 Å². The van der Waals surface area contributed by atoms with Gasteiger partial charge in [0, 0.05) is 38.2 Å². The maximum atomic E-state index is 13.0. The Kier molecular flexibility index (Phi) is 4.86. The van der Waals surface area contributed by atoms with Crippen LogP contribution in [0.1, 0.15) is 55.0 Å². The average molecular weight is 395 g/mol. The van der Waals surface area contributed by atoms with Crippen LogP contribution in [0.15, 0.2) is 39.9 Å². The number of hydrogen-bond donors (Lipinski definition) is 1. The molecule has 1 aliphatic rings. The summed E-state index contributed by atoms with van der Waals surface area (Å²) < 4.78 is 3.19. The molecule has 0 saturated carbocycles. The average Bonchev–Trinajstić information content (AvgIpc) is 3.11. The first kappa shape index (κ1) is 19.2. The molecule has 1 atom stereocenters. The summed E-state index contributed by atoms with van der Waals surface area (Å²) in [6.45, 7) is 5.36. The van der Waals surface area contributed by atoms with Crippen molar-refractivity contribution in [1.29, 1.82) is 0 Å². The van der Waals surface area contributed by atoms with Gasteiger partial charge in [-0.2, -0.15) is 0 Å². The first-order chi connectivity index (χ1) is 13.9. The Morgan fingerprint density at radius 1 is 1.24 bits per heavy atom. The van der Waals surface area contributed by atoms with E-state index in [1.807, 2.05) is 18.2 Å². The highest BCUT2D eigenvalue weighted by Gasteiger charge is 2.30. The van der Waals surface area contributed by atoms with Crippen molar-refractivity contribution in [2.24, 2.45) is 7.05 Å². The summed E-state index contributed by atoms with van der Waals surface area (Å²) in [5, 5.41) is 0. The van der Waals surface area contributed by atoms with Gasteiger partial charge in [-0.05, 0) is 38.8 Å². The van der Waals surface area contributed by atoms with Gasteiger partial charge < -0.3 is 14.5 Å². The number of rotatable bonds is 3. The molecule has 1 fully saturated rings. The Morgan fingerprint density at radius 2 is 2.00 bits per heavy atom. The standard InChI is InChI=1S/C21H25N5O3/c1-13(2)26-17-9-5-4-8-15(17)22-19(26)14-7-6-10-25(12-14)20(28)16-11-18(27)24(3)21(29)23-16/h4-5,8-9,11,13-14H,6-7,10,12H2,1-3H3,(H,23,29)/t14-/m0/s1. The Bertz CT molecular complexity index is 1160. The number of nitrogens with zero attached hydrogens (tertiary/aromatic N) is 4. The van der Waals surface area contributed by atoms with Gasteiger partial charge in [0.15, 0.2) is 0 Å². The Hall–Kier alpha value is -3.16. The van der Waals surface area contributed by atoms with Crippen molar-refractivity contribution in [3.63, 3.8) is 0 Å². The van der Waals surface area contributed by atoms with Gasteiger partial charge >= 0.3 is 5.69 Å². The van der Waals surface area contributed by atoms with Gasteiger partial charge in [-0.3, -0.25) is 14.2 Å². The number of benzene rings is 1. The van der Waals surface area contributed by atoms with Crippen LogP contribution in [0.2, 0.25) is 0 Å². The van der Waals surface area contributed by atoms with Crippen LogP contribution in [0.25, 0.3) is 11.0 Å². The molecule has 4 rings (SSSR count). The van der Waals surface area contributed by atoms with Crippen LogP contribution < -0.4 is 11.2 Å². The highest BCUT2D eigenvalue weighted by molar-refractivity contribution is 5.92. The van der Waals surface area contributed by atoms with Gasteiger partial charge in [-0.15, -0.1) is 0 Å². The molecule has 0 bridgehead atoms. The quantitative estimate of drug-likeness (QED) is 0.734. The molecule has 8 heteroatoms. The van der Waals surface area contributed by atoms with Crippen molar-refractivity contribution in [3.05, 3.63) is 62.7 Å². The molecule has 1 N–H and O–H groups in total. The van der Waals surface area contributed by atoms with E-state index in [9.17, 15) is 14.4 Å². The second-order valence-corrected chi connectivity index (χ2v) is 7.90. The number of likely N-dealkylation sites (tertiary alicyclic amines) is 1. The molecule has 152 valence electrons. The SMILES string of the molecule is CC(C)n1c([C@H]2CCCN(C(=O)c3cc(=O)n(C)c(=O)[nH]3)C2)nc2ccccc21. The minimum absolute atomic E-state index is 0.0381. The van der Waals surface area contributed by atoms with E-state index in [0.717, 1.165) is 34.3 Å². The maximum Gasteiger partial charge on any atom is 0.328 e. The van der Waals surface area contributed by atoms with Crippen molar-refractivity contribution in [2.45, 2.75) is 38.6 Å². The lowest BCUT2D eigenvalue weighted by Crippen LogP contribution is -2.42. The molecule has 29 heavy (non-hydrogen) atoms. The fraction of sp³-hybridized carbons (Fsp3) is 0.429. The number of fused-ring (bicyclic) bond motifs is 1. The highest BCUT2D eigenvalue weighted by atomic mass is 16.2. The number of H-pyrrole nitrogens is 1. The molecule has 0 spiro atoms. The lowest BCUT2D eigenvalue weighted by Gasteiger charge is -2.33. The summed E-state index contributed by atoms with van der Waals surface area (Å²) in [6, 6.07) is 9.51. The van der Waals surface area contributed by atoms with Crippen LogP contribution >= 0.6 is 0 Å². The molecule has 0 aliphatic carbocycles. The molecular formula is C21H25N5O3. The van der Waals surface area contributed by atoms with Crippen LogP contribution in [-0.4, -0.2) is 43.0 Å². The van der Waals surface area contributed by atoms with Crippen molar-refractivity contribution < 1.29 is 4.79 Å².